The summed E-state index contributed by atoms with van der Waals surface area (Å²) in [5.41, 5.74) is 14.0. The van der Waals surface area contributed by atoms with Gasteiger partial charge in [0.05, 0.1) is 0 Å². The molecule has 4 nitrogen and oxygen atoms in total. The van der Waals surface area contributed by atoms with Crippen molar-refractivity contribution in [1.82, 2.24) is 14.5 Å². The molecule has 0 spiro atoms. The quantitative estimate of drug-likeness (QED) is 0.118. The monoisotopic (exact) mass is 1120 g/mol. The number of pyridine rings is 1. The fourth-order valence-corrected chi connectivity index (χ4v) is 11.5. The van der Waals surface area contributed by atoms with E-state index in [1.807, 2.05) is 12.1 Å². The number of hydrogen-bond donors (Lipinski definition) is 0. The molecule has 3 aromatic heterocycles. The smallest absolute Gasteiger partial charge is 0.0379 e. The van der Waals surface area contributed by atoms with Crippen molar-refractivity contribution < 1.29 is 28.6 Å². The zero-order valence-corrected chi connectivity index (χ0v) is 39.8. The Bertz CT molecular complexity index is 3340. The summed E-state index contributed by atoms with van der Waals surface area (Å²) in [6.07, 6.45) is 1.31. The van der Waals surface area contributed by atoms with Gasteiger partial charge in [0.15, 0.2) is 0 Å². The van der Waals surface area contributed by atoms with Gasteiger partial charge >= 0.3 is 257 Å². The summed E-state index contributed by atoms with van der Waals surface area (Å²) in [6.45, 7) is 7.04. The second-order valence-electron chi connectivity index (χ2n) is 15.9. The molecule has 0 amide bonds. The molecule has 0 aliphatic heterocycles. The third-order valence-corrected chi connectivity index (χ3v) is 14.5. The average Bonchev–Trinajstić information content (AvgIpc) is 3.90. The van der Waals surface area contributed by atoms with Gasteiger partial charge in [-0.05, 0) is 23.7 Å². The largest absolute Gasteiger partial charge is 0.304 e. The van der Waals surface area contributed by atoms with Gasteiger partial charge in [-0.3, -0.25) is 4.39 Å². The number of nitriles is 1. The molecule has 7 heteroatoms. The molecule has 63 heavy (non-hydrogen) atoms. The number of aromatic nitrogens is 3. The Kier molecular flexibility index (Phi) is 11.9. The number of imidazole rings is 1. The third kappa shape index (κ3) is 8.84. The van der Waals surface area contributed by atoms with Gasteiger partial charge in [0, 0.05) is 36.2 Å². The molecule has 0 aliphatic rings. The summed E-state index contributed by atoms with van der Waals surface area (Å²) >= 11 is -0.744. The van der Waals surface area contributed by atoms with Crippen LogP contribution in [0.2, 0.25) is 0 Å². The first-order valence-corrected chi connectivity index (χ1v) is 22.9. The molecule has 10 aromatic rings. The van der Waals surface area contributed by atoms with Gasteiger partial charge in [0.2, 0.25) is 0 Å². The van der Waals surface area contributed by atoms with Gasteiger partial charge in [-0.15, -0.1) is 29.8 Å². The van der Waals surface area contributed by atoms with Gasteiger partial charge < -0.3 is 4.98 Å². The number of aryl methyl sites for hydroxylation is 1. The number of benzene rings is 7. The molecule has 7 aromatic carbocycles. The number of hydrogen-bond acceptors (Lipinski definition) is 3. The molecule has 1 radical (unpaired) electrons. The van der Waals surface area contributed by atoms with Crippen molar-refractivity contribution >= 4 is 49.0 Å². The van der Waals surface area contributed by atoms with Gasteiger partial charge in [0.1, 0.15) is 0 Å². The van der Waals surface area contributed by atoms with Crippen LogP contribution in [0.25, 0.3) is 79.2 Å². The van der Waals surface area contributed by atoms with E-state index in [2.05, 4.69) is 165 Å². The van der Waals surface area contributed by atoms with Crippen molar-refractivity contribution in [3.05, 3.63) is 198 Å². The van der Waals surface area contributed by atoms with E-state index in [1.165, 1.54) is 81.0 Å². The van der Waals surface area contributed by atoms with Crippen LogP contribution in [0.5, 0.6) is 0 Å². The number of rotatable bonds is 7. The summed E-state index contributed by atoms with van der Waals surface area (Å²) < 4.78 is 39.4. The topological polar surface area (TPSA) is 54.5 Å². The van der Waals surface area contributed by atoms with Crippen molar-refractivity contribution in [3.63, 3.8) is 0 Å². The molecule has 0 atom stereocenters. The van der Waals surface area contributed by atoms with Crippen LogP contribution in [0, 0.1) is 36.1 Å². The number of fused-ring (bicyclic) bond motifs is 4. The maximum Gasteiger partial charge on any atom is 0.0379 e. The summed E-state index contributed by atoms with van der Waals surface area (Å²) in [4.78, 5) is 9.38. The summed E-state index contributed by atoms with van der Waals surface area (Å²) in [5.74, 6) is 1.13. The van der Waals surface area contributed by atoms with Crippen LogP contribution in [0.15, 0.2) is 158 Å². The zero-order valence-electron chi connectivity index (χ0n) is 38.1. The van der Waals surface area contributed by atoms with E-state index >= 15 is 0 Å². The van der Waals surface area contributed by atoms with Gasteiger partial charge in [0.25, 0.3) is 0 Å². The van der Waals surface area contributed by atoms with E-state index in [0.29, 0.717) is 11.3 Å². The maximum atomic E-state index is 12.7. The predicted octanol–water partition coefficient (Wildman–Crippen LogP) is 14.3. The fraction of sp³-hybridized carbons (Fsp3) is 0.125. The van der Waals surface area contributed by atoms with Crippen molar-refractivity contribution in [2.45, 2.75) is 46.4 Å². The summed E-state index contributed by atoms with van der Waals surface area (Å²) in [5, 5.41) is 12.1. The molecule has 0 saturated carbocycles. The molecular weight excluding hydrogens is 1070 g/mol. The van der Waals surface area contributed by atoms with Crippen molar-refractivity contribution in [1.29, 1.82) is 5.26 Å². The molecule has 0 saturated heterocycles. The van der Waals surface area contributed by atoms with E-state index in [0.717, 1.165) is 28.0 Å². The van der Waals surface area contributed by atoms with Crippen LogP contribution >= 0.6 is 0 Å². The molecule has 0 bridgehead atoms. The molecular formula is C56H43FIrN4Te-2. The molecule has 10 rings (SSSR count). The van der Waals surface area contributed by atoms with Crippen LogP contribution in [-0.4, -0.2) is 35.0 Å². The summed E-state index contributed by atoms with van der Waals surface area (Å²) in [7, 11) is 0. The van der Waals surface area contributed by atoms with E-state index in [-0.39, 0.29) is 43.3 Å². The van der Waals surface area contributed by atoms with Crippen molar-refractivity contribution in [2.75, 3.05) is 0 Å². The van der Waals surface area contributed by atoms with Crippen molar-refractivity contribution in [2.24, 2.45) is 0 Å². The van der Waals surface area contributed by atoms with E-state index in [4.69, 9.17) is 9.10 Å². The number of para-hydroxylation sites is 2. The second kappa shape index (κ2) is 18.8. The maximum absolute atomic E-state index is 12.7. The first-order chi connectivity index (χ1) is 31.4. The molecule has 0 unspecified atom stereocenters. The van der Waals surface area contributed by atoms with Crippen LogP contribution < -0.4 is 0 Å². The average molecular weight is 1110 g/mol. The Hall–Kier alpha value is -5.98. The predicted molar refractivity (Wildman–Crippen MR) is 254 cm³/mol. The Labute approximate surface area is 395 Å². The minimum absolute atomic E-state index is 0. The first kappa shape index (κ1) is 39.8. The molecule has 311 valence electrons. The van der Waals surface area contributed by atoms with E-state index in [9.17, 15) is 9.65 Å². The Balaban J connectivity index is 0.000000278. The fourth-order valence-electron chi connectivity index (χ4n) is 7.99. The Morgan fingerprint density at radius 1 is 0.730 bits per heavy atom. The SMILES string of the molecule is CC(C)c1cc(-c2ccc(-c3ccccc3)cc2)cc(C(C)C)c1-n1c(-c2[c-]ccc3c2[te]c2cc(C#N)ccc23)nc2ccccc21.[2H]C([2H])([2H])c1ccc(-c2[c-]cc(F)cc2)nc1.[Ir]. The van der Waals surface area contributed by atoms with Gasteiger partial charge in [-0.2, -0.15) is 0 Å². The van der Waals surface area contributed by atoms with Gasteiger partial charge in [-0.25, -0.2) is 0 Å². The molecule has 0 aliphatic carbocycles. The van der Waals surface area contributed by atoms with Crippen molar-refractivity contribution in [3.8, 4) is 56.7 Å². The van der Waals surface area contributed by atoms with Crippen LogP contribution in [0.3, 0.4) is 0 Å². The standard InChI is InChI=1S/C44H34N3Te.C12H9FN.Ir/c1-27(2)37-24-33(32-20-18-31(19-21-32)30-11-6-5-7-12-30)25-38(28(3)4)42(37)47-40-16-9-8-15-39(40)46-44(47)36-14-10-13-35-34-22-17-29(26-45)23-41(34)48-43(35)36;1-9-2-7-12(14-8-9)10-3-5-11(13)6-4-10;/h5-13,15-25,27-28H,1-4H3;2-3,5-8H,1H3;/q2*-1;/i;1D3;. The minimum atomic E-state index is -2.15. The minimum Gasteiger partial charge on any atom is -0.304 e. The zero-order chi connectivity index (χ0) is 45.4. The van der Waals surface area contributed by atoms with E-state index < -0.39 is 27.3 Å². The summed E-state index contributed by atoms with van der Waals surface area (Å²) in [6, 6.07) is 59.1. The Morgan fingerprint density at radius 3 is 2.08 bits per heavy atom. The third-order valence-electron chi connectivity index (χ3n) is 11.1. The number of halogens is 1. The second-order valence-corrected chi connectivity index (χ2v) is 18.9. The number of nitrogens with zero attached hydrogens (tertiary/aromatic N) is 4. The van der Waals surface area contributed by atoms with Crippen LogP contribution in [0.4, 0.5) is 4.39 Å². The molecule has 0 N–H and O–H groups in total. The Morgan fingerprint density at radius 2 is 1.43 bits per heavy atom. The van der Waals surface area contributed by atoms with Gasteiger partial charge in [-0.1, -0.05) is 42.5 Å². The van der Waals surface area contributed by atoms with Crippen LogP contribution in [0.1, 0.15) is 65.9 Å². The first-order valence-electron chi connectivity index (χ1n) is 22.1. The molecule has 0 fully saturated rings. The normalized spacial score (nSPS) is 12.1. The molecule has 3 heterocycles. The van der Waals surface area contributed by atoms with Crippen LogP contribution in [-0.2, 0) is 20.1 Å². The van der Waals surface area contributed by atoms with E-state index in [1.54, 1.807) is 12.1 Å².